The maximum absolute atomic E-state index is 13.9. The van der Waals surface area contributed by atoms with Crippen molar-refractivity contribution in [3.05, 3.63) is 42.3 Å². The summed E-state index contributed by atoms with van der Waals surface area (Å²) in [5, 5.41) is 10.1. The molecular weight excluding hydrogens is 394 g/mol. The van der Waals surface area contributed by atoms with Crippen LogP contribution < -0.4 is 15.1 Å². The second kappa shape index (κ2) is 9.39. The van der Waals surface area contributed by atoms with Gasteiger partial charge < -0.3 is 20.2 Å². The van der Waals surface area contributed by atoms with Gasteiger partial charge in [0.05, 0.1) is 5.69 Å². The van der Waals surface area contributed by atoms with Crippen LogP contribution in [0.5, 0.6) is 0 Å². The molecule has 0 saturated carbocycles. The van der Waals surface area contributed by atoms with E-state index in [-0.39, 0.29) is 11.9 Å². The third-order valence-corrected chi connectivity index (χ3v) is 4.22. The van der Waals surface area contributed by atoms with Gasteiger partial charge in [0, 0.05) is 38.9 Å². The molecule has 1 unspecified atom stereocenters. The number of nitrogens with zero attached hydrogens (tertiary/aromatic N) is 4. The Labute approximate surface area is 165 Å². The van der Waals surface area contributed by atoms with Crippen LogP contribution in [0.3, 0.4) is 0 Å². The fraction of sp³-hybridized carbons (Fsp3) is 0.389. The fourth-order valence-electron chi connectivity index (χ4n) is 2.85. The lowest BCUT2D eigenvalue weighted by Crippen LogP contribution is -2.52. The van der Waals surface area contributed by atoms with Crippen LogP contribution in [-0.2, 0) is 4.79 Å². The molecular formula is C18H21F4N5O2. The van der Waals surface area contributed by atoms with E-state index in [4.69, 9.17) is 9.90 Å². The van der Waals surface area contributed by atoms with Crippen LogP contribution in [-0.4, -0.2) is 59.9 Å². The predicted molar refractivity (Wildman–Crippen MR) is 101 cm³/mol. The summed E-state index contributed by atoms with van der Waals surface area (Å²) in [6, 6.07) is 9.10. The molecule has 1 atom stereocenters. The second-order valence-corrected chi connectivity index (χ2v) is 6.23. The lowest BCUT2D eigenvalue weighted by molar-refractivity contribution is -0.192. The quantitative estimate of drug-likeness (QED) is 0.746. The molecule has 7 nitrogen and oxygen atoms in total. The number of aromatic nitrogens is 2. The van der Waals surface area contributed by atoms with Crippen molar-refractivity contribution in [1.82, 2.24) is 9.97 Å². The second-order valence-electron chi connectivity index (χ2n) is 6.23. The van der Waals surface area contributed by atoms with E-state index in [9.17, 15) is 17.6 Å². The van der Waals surface area contributed by atoms with Gasteiger partial charge in [-0.1, -0.05) is 12.1 Å². The smallest absolute Gasteiger partial charge is 0.475 e. The van der Waals surface area contributed by atoms with E-state index in [1.54, 1.807) is 19.3 Å². The Morgan fingerprint density at radius 2 is 1.90 bits per heavy atom. The minimum atomic E-state index is -5.08. The van der Waals surface area contributed by atoms with Gasteiger partial charge in [0.25, 0.3) is 0 Å². The van der Waals surface area contributed by atoms with Crippen molar-refractivity contribution in [3.63, 3.8) is 0 Å². The Hall–Kier alpha value is -3.11. The number of anilines is 3. The molecule has 2 aromatic rings. The van der Waals surface area contributed by atoms with Gasteiger partial charge >= 0.3 is 12.1 Å². The predicted octanol–water partition coefficient (Wildman–Crippen LogP) is 3.01. The van der Waals surface area contributed by atoms with Crippen LogP contribution in [0.2, 0.25) is 0 Å². The van der Waals surface area contributed by atoms with Crippen LogP contribution in [0, 0.1) is 5.82 Å². The topological polar surface area (TPSA) is 81.6 Å². The SMILES string of the molecule is CNc1nccc(N2CCN(c3ccccc3F)CC2C)n1.O=C(O)C(F)(F)F. The number of nitrogens with one attached hydrogen (secondary N) is 1. The Kier molecular flexibility index (Phi) is 7.18. The van der Waals surface area contributed by atoms with Gasteiger partial charge in [0.15, 0.2) is 0 Å². The molecule has 0 bridgehead atoms. The zero-order valence-electron chi connectivity index (χ0n) is 15.8. The van der Waals surface area contributed by atoms with E-state index < -0.39 is 12.1 Å². The summed E-state index contributed by atoms with van der Waals surface area (Å²) in [5.74, 6) is -1.41. The van der Waals surface area contributed by atoms with Gasteiger partial charge in [0.2, 0.25) is 5.95 Å². The summed E-state index contributed by atoms with van der Waals surface area (Å²) in [7, 11) is 1.80. The van der Waals surface area contributed by atoms with Crippen molar-refractivity contribution in [2.75, 3.05) is 41.8 Å². The van der Waals surface area contributed by atoms with Crippen LogP contribution in [0.25, 0.3) is 0 Å². The Bertz CT molecular complexity index is 834. The van der Waals surface area contributed by atoms with Crippen LogP contribution in [0.15, 0.2) is 36.5 Å². The van der Waals surface area contributed by atoms with Gasteiger partial charge in [-0.15, -0.1) is 0 Å². The first-order chi connectivity index (χ1) is 13.6. The summed E-state index contributed by atoms with van der Waals surface area (Å²) < 4.78 is 45.7. The highest BCUT2D eigenvalue weighted by molar-refractivity contribution is 5.73. The number of carboxylic acids is 1. The number of hydrogen-bond acceptors (Lipinski definition) is 6. The maximum atomic E-state index is 13.9. The van der Waals surface area contributed by atoms with Crippen molar-refractivity contribution in [3.8, 4) is 0 Å². The van der Waals surface area contributed by atoms with Crippen LogP contribution >= 0.6 is 0 Å². The number of carbonyl (C=O) groups is 1. The highest BCUT2D eigenvalue weighted by Gasteiger charge is 2.38. The molecule has 1 saturated heterocycles. The van der Waals surface area contributed by atoms with E-state index in [0.29, 0.717) is 11.6 Å². The lowest BCUT2D eigenvalue weighted by Gasteiger charge is -2.41. The van der Waals surface area contributed by atoms with Crippen LogP contribution in [0.4, 0.5) is 35.0 Å². The summed E-state index contributed by atoms with van der Waals surface area (Å²) in [5.41, 5.74) is 0.674. The van der Waals surface area contributed by atoms with Crippen LogP contribution in [0.1, 0.15) is 6.92 Å². The van der Waals surface area contributed by atoms with Gasteiger partial charge in [-0.25, -0.2) is 14.2 Å². The molecule has 2 heterocycles. The van der Waals surface area contributed by atoms with Gasteiger partial charge in [-0.2, -0.15) is 18.2 Å². The number of hydrogen-bond donors (Lipinski definition) is 2. The molecule has 1 aliphatic rings. The molecule has 1 aromatic carbocycles. The first-order valence-corrected chi connectivity index (χ1v) is 8.70. The van der Waals surface area contributed by atoms with E-state index in [1.165, 1.54) is 6.07 Å². The first kappa shape index (κ1) is 22.2. The van der Waals surface area contributed by atoms with Gasteiger partial charge in [-0.05, 0) is 25.1 Å². The van der Waals surface area contributed by atoms with Crippen molar-refractivity contribution in [2.45, 2.75) is 19.1 Å². The molecule has 1 fully saturated rings. The minimum Gasteiger partial charge on any atom is -0.475 e. The lowest BCUT2D eigenvalue weighted by atomic mass is 10.1. The molecule has 29 heavy (non-hydrogen) atoms. The van der Waals surface area contributed by atoms with Crippen molar-refractivity contribution >= 4 is 23.4 Å². The molecule has 2 N–H and O–H groups in total. The maximum Gasteiger partial charge on any atom is 0.490 e. The third-order valence-electron chi connectivity index (χ3n) is 4.22. The van der Waals surface area contributed by atoms with E-state index in [1.807, 2.05) is 18.2 Å². The molecule has 158 valence electrons. The number of benzene rings is 1. The van der Waals surface area contributed by atoms with Gasteiger partial charge in [-0.3, -0.25) is 0 Å². The minimum absolute atomic E-state index is 0.164. The van der Waals surface area contributed by atoms with Gasteiger partial charge in [0.1, 0.15) is 11.6 Å². The molecule has 1 aliphatic heterocycles. The average Bonchev–Trinajstić information content (AvgIpc) is 2.68. The molecule has 3 rings (SSSR count). The first-order valence-electron chi connectivity index (χ1n) is 8.70. The summed E-state index contributed by atoms with van der Waals surface area (Å²) >= 11 is 0. The highest BCUT2D eigenvalue weighted by atomic mass is 19.4. The summed E-state index contributed by atoms with van der Waals surface area (Å²) in [6.45, 7) is 4.47. The van der Waals surface area contributed by atoms with E-state index in [0.717, 1.165) is 25.5 Å². The average molecular weight is 415 g/mol. The highest BCUT2D eigenvalue weighted by Crippen LogP contribution is 2.25. The van der Waals surface area contributed by atoms with Crippen molar-refractivity contribution in [2.24, 2.45) is 0 Å². The number of para-hydroxylation sites is 1. The number of halogens is 4. The number of carboxylic acid groups (broad SMARTS) is 1. The molecule has 11 heteroatoms. The molecule has 0 aliphatic carbocycles. The largest absolute Gasteiger partial charge is 0.490 e. The normalized spacial score (nSPS) is 16.7. The monoisotopic (exact) mass is 415 g/mol. The standard InChI is InChI=1S/C16H20FN5.C2HF3O2/c1-12-11-21(14-6-4-3-5-13(14)17)9-10-22(12)15-7-8-19-16(18-2)20-15;3-2(4,5)1(6)7/h3-8,12H,9-11H2,1-2H3,(H,18,19,20);(H,6,7). The summed E-state index contributed by atoms with van der Waals surface area (Å²) in [6.07, 6.45) is -3.33. The van der Waals surface area contributed by atoms with Crippen molar-refractivity contribution < 1.29 is 27.5 Å². The molecule has 0 spiro atoms. The molecule has 1 aromatic heterocycles. The Morgan fingerprint density at radius 1 is 1.24 bits per heavy atom. The molecule has 0 radical (unpaired) electrons. The number of rotatable bonds is 3. The number of alkyl halides is 3. The molecule has 0 amide bonds. The third kappa shape index (κ3) is 5.93. The zero-order chi connectivity index (χ0) is 21.6. The van der Waals surface area contributed by atoms with E-state index in [2.05, 4.69) is 32.0 Å². The van der Waals surface area contributed by atoms with Crippen molar-refractivity contribution in [1.29, 1.82) is 0 Å². The zero-order valence-corrected chi connectivity index (χ0v) is 15.8. The number of piperazine rings is 1. The Morgan fingerprint density at radius 3 is 2.45 bits per heavy atom. The Balaban J connectivity index is 0.000000370. The number of aliphatic carboxylic acids is 1. The van der Waals surface area contributed by atoms with E-state index >= 15 is 0 Å². The summed E-state index contributed by atoms with van der Waals surface area (Å²) in [4.78, 5) is 21.9. The fourth-order valence-corrected chi connectivity index (χ4v) is 2.85.